The normalized spacial score (nSPS) is 14.6. The lowest BCUT2D eigenvalue weighted by atomic mass is 10.1. The number of nitrogens with zero attached hydrogens (tertiary/aromatic N) is 1. The van der Waals surface area contributed by atoms with Crippen LogP contribution in [0.15, 0.2) is 88.2 Å². The van der Waals surface area contributed by atoms with E-state index in [9.17, 15) is 9.18 Å². The van der Waals surface area contributed by atoms with Gasteiger partial charge in [-0.3, -0.25) is 9.69 Å². The van der Waals surface area contributed by atoms with E-state index in [-0.39, 0.29) is 18.3 Å². The zero-order valence-corrected chi connectivity index (χ0v) is 23.0. The molecule has 186 valence electrons. The molecule has 1 saturated heterocycles. The number of carbonyl (C=O) groups is 1. The highest BCUT2D eigenvalue weighted by Gasteiger charge is 2.34. The molecular weight excluding hydrogens is 573 g/mol. The van der Waals surface area contributed by atoms with Crippen LogP contribution in [0.1, 0.15) is 18.1 Å². The molecule has 4 aromatic rings. The summed E-state index contributed by atoms with van der Waals surface area (Å²) in [6.45, 7) is 2.58. The number of thioether (sulfide) groups is 1. The van der Waals surface area contributed by atoms with E-state index in [0.717, 1.165) is 27.6 Å². The smallest absolute Gasteiger partial charge is 0.270 e. The summed E-state index contributed by atoms with van der Waals surface area (Å²) in [4.78, 5) is 15.6. The lowest BCUT2D eigenvalue weighted by Gasteiger charge is -2.17. The summed E-state index contributed by atoms with van der Waals surface area (Å²) in [6, 6.07) is 23.6. The van der Waals surface area contributed by atoms with Gasteiger partial charge < -0.3 is 9.47 Å². The van der Waals surface area contributed by atoms with E-state index in [1.54, 1.807) is 17.0 Å². The fourth-order valence-electron chi connectivity index (χ4n) is 4.04. The van der Waals surface area contributed by atoms with Gasteiger partial charge in [-0.2, -0.15) is 0 Å². The third kappa shape index (κ3) is 5.42. The molecule has 0 radical (unpaired) electrons. The van der Waals surface area contributed by atoms with Gasteiger partial charge >= 0.3 is 0 Å². The summed E-state index contributed by atoms with van der Waals surface area (Å²) in [6.07, 6.45) is 1.81. The first kappa shape index (κ1) is 25.4. The zero-order chi connectivity index (χ0) is 25.9. The lowest BCUT2D eigenvalue weighted by molar-refractivity contribution is -0.113. The Morgan fingerprint density at radius 3 is 2.57 bits per heavy atom. The van der Waals surface area contributed by atoms with Gasteiger partial charge in [-0.1, -0.05) is 72.5 Å². The lowest BCUT2D eigenvalue weighted by Crippen LogP contribution is -2.27. The minimum atomic E-state index is -0.296. The molecule has 0 bridgehead atoms. The van der Waals surface area contributed by atoms with Crippen LogP contribution in [-0.4, -0.2) is 16.8 Å². The molecule has 0 unspecified atom stereocenters. The van der Waals surface area contributed by atoms with Gasteiger partial charge in [-0.15, -0.1) is 0 Å². The van der Waals surface area contributed by atoms with Crippen LogP contribution >= 0.6 is 39.9 Å². The summed E-state index contributed by atoms with van der Waals surface area (Å²) in [5.74, 6) is 0.605. The van der Waals surface area contributed by atoms with E-state index in [2.05, 4.69) is 15.9 Å². The average Bonchev–Trinajstić information content (AvgIpc) is 3.16. The van der Waals surface area contributed by atoms with E-state index in [1.807, 2.05) is 67.6 Å². The molecule has 1 heterocycles. The Balaban J connectivity index is 1.43. The van der Waals surface area contributed by atoms with Crippen molar-refractivity contribution in [3.63, 3.8) is 0 Å². The van der Waals surface area contributed by atoms with Crippen molar-refractivity contribution in [1.82, 2.24) is 0 Å². The van der Waals surface area contributed by atoms with E-state index in [4.69, 9.17) is 21.7 Å². The van der Waals surface area contributed by atoms with Crippen LogP contribution < -0.4 is 14.4 Å². The number of rotatable bonds is 7. The molecule has 0 aliphatic carbocycles. The van der Waals surface area contributed by atoms with Crippen molar-refractivity contribution in [2.75, 3.05) is 11.5 Å². The Kier molecular flexibility index (Phi) is 7.60. The summed E-state index contributed by atoms with van der Waals surface area (Å²) in [7, 11) is 0. The predicted octanol–water partition coefficient (Wildman–Crippen LogP) is 8.12. The summed E-state index contributed by atoms with van der Waals surface area (Å²) in [5, 5.41) is 2.01. The van der Waals surface area contributed by atoms with Crippen molar-refractivity contribution in [1.29, 1.82) is 0 Å². The number of fused-ring (bicyclic) bond motifs is 1. The van der Waals surface area contributed by atoms with Crippen LogP contribution in [0.2, 0.25) is 0 Å². The van der Waals surface area contributed by atoms with E-state index in [0.29, 0.717) is 31.8 Å². The van der Waals surface area contributed by atoms with Gasteiger partial charge in [0.15, 0.2) is 15.8 Å². The second-order valence-corrected chi connectivity index (χ2v) is 10.7. The van der Waals surface area contributed by atoms with Gasteiger partial charge in [0.05, 0.1) is 21.7 Å². The maximum atomic E-state index is 13.5. The summed E-state index contributed by atoms with van der Waals surface area (Å²) >= 11 is 10.5. The fraction of sp³-hybridized carbons (Fsp3) is 0.103. The fourth-order valence-corrected chi connectivity index (χ4v) is 5.90. The number of hydrogen-bond acceptors (Lipinski definition) is 5. The van der Waals surface area contributed by atoms with Crippen LogP contribution in [0.5, 0.6) is 11.5 Å². The summed E-state index contributed by atoms with van der Waals surface area (Å²) in [5.41, 5.74) is 2.37. The molecule has 1 fully saturated rings. The number of thiocarbonyl (C=S) groups is 1. The number of anilines is 1. The van der Waals surface area contributed by atoms with Crippen LogP contribution in [0, 0.1) is 5.82 Å². The second-order valence-electron chi connectivity index (χ2n) is 8.19. The molecule has 0 spiro atoms. The highest BCUT2D eigenvalue weighted by atomic mass is 79.9. The van der Waals surface area contributed by atoms with E-state index < -0.39 is 0 Å². The molecule has 0 aromatic heterocycles. The first-order valence-corrected chi connectivity index (χ1v) is 13.6. The summed E-state index contributed by atoms with van der Waals surface area (Å²) < 4.78 is 26.2. The molecule has 37 heavy (non-hydrogen) atoms. The van der Waals surface area contributed by atoms with Gasteiger partial charge in [-0.25, -0.2) is 4.39 Å². The van der Waals surface area contributed by atoms with Gasteiger partial charge in [0.25, 0.3) is 5.91 Å². The molecule has 8 heteroatoms. The van der Waals surface area contributed by atoms with Gasteiger partial charge in [-0.05, 0) is 75.8 Å². The average molecular weight is 595 g/mol. The van der Waals surface area contributed by atoms with Crippen LogP contribution in [0.3, 0.4) is 0 Å². The number of halogens is 2. The maximum absolute atomic E-state index is 13.5. The minimum Gasteiger partial charge on any atom is -0.490 e. The van der Waals surface area contributed by atoms with Gasteiger partial charge in [0, 0.05) is 5.39 Å². The molecule has 4 nitrogen and oxygen atoms in total. The van der Waals surface area contributed by atoms with Gasteiger partial charge in [0.2, 0.25) is 0 Å². The number of carbonyl (C=O) groups excluding carboxylic acids is 1. The van der Waals surface area contributed by atoms with E-state index in [1.165, 1.54) is 23.9 Å². The van der Waals surface area contributed by atoms with Crippen molar-refractivity contribution >= 4 is 72.7 Å². The topological polar surface area (TPSA) is 38.8 Å². The van der Waals surface area contributed by atoms with E-state index >= 15 is 0 Å². The molecule has 1 amide bonds. The molecule has 0 atom stereocenters. The minimum absolute atomic E-state index is 0.169. The second kappa shape index (κ2) is 11.0. The highest BCUT2D eigenvalue weighted by Crippen LogP contribution is 2.41. The van der Waals surface area contributed by atoms with Crippen molar-refractivity contribution in [3.05, 3.63) is 105 Å². The Morgan fingerprint density at radius 2 is 1.78 bits per heavy atom. The number of amides is 1. The Morgan fingerprint density at radius 1 is 1.03 bits per heavy atom. The standard InChI is InChI=1S/C29H21BrFNO3S2/c1-2-34-25-15-19(14-23(30)27(25)35-17-18-10-12-21(31)13-11-18)16-26-28(33)32(29(36)37-26)24-9-5-7-20-6-3-4-8-22(20)24/h3-16H,2,17H2,1H3/b26-16+. The van der Waals surface area contributed by atoms with Crippen molar-refractivity contribution in [3.8, 4) is 11.5 Å². The molecule has 0 saturated carbocycles. The van der Waals surface area contributed by atoms with Crippen LogP contribution in [0.25, 0.3) is 16.8 Å². The Hall–Kier alpha value is -3.20. The van der Waals surface area contributed by atoms with Crippen LogP contribution in [-0.2, 0) is 11.4 Å². The molecule has 1 aliphatic heterocycles. The predicted molar refractivity (Wildman–Crippen MR) is 156 cm³/mol. The third-order valence-corrected chi connectivity index (χ3v) is 7.62. The van der Waals surface area contributed by atoms with Crippen molar-refractivity contribution < 1.29 is 18.7 Å². The number of ether oxygens (including phenoxy) is 2. The molecule has 4 aromatic carbocycles. The maximum Gasteiger partial charge on any atom is 0.270 e. The highest BCUT2D eigenvalue weighted by molar-refractivity contribution is 9.10. The molecule has 1 aliphatic rings. The quantitative estimate of drug-likeness (QED) is 0.160. The Bertz CT molecular complexity index is 1530. The Labute approximate surface area is 232 Å². The molecular formula is C29H21BrFNO3S2. The molecule has 0 N–H and O–H groups in total. The monoisotopic (exact) mass is 593 g/mol. The third-order valence-electron chi connectivity index (χ3n) is 5.73. The number of benzene rings is 4. The first-order valence-electron chi connectivity index (χ1n) is 11.5. The van der Waals surface area contributed by atoms with Crippen LogP contribution in [0.4, 0.5) is 10.1 Å². The van der Waals surface area contributed by atoms with Gasteiger partial charge in [0.1, 0.15) is 12.4 Å². The van der Waals surface area contributed by atoms with Crippen molar-refractivity contribution in [2.45, 2.75) is 13.5 Å². The largest absolute Gasteiger partial charge is 0.490 e. The first-order chi connectivity index (χ1) is 17.9. The van der Waals surface area contributed by atoms with Crippen molar-refractivity contribution in [2.24, 2.45) is 0 Å². The molecule has 5 rings (SSSR count). The SMILES string of the molecule is CCOc1cc(/C=C2/SC(=S)N(c3cccc4ccccc34)C2=O)cc(Br)c1OCc1ccc(F)cc1. The zero-order valence-electron chi connectivity index (χ0n) is 19.7. The number of hydrogen-bond donors (Lipinski definition) is 0.